The van der Waals surface area contributed by atoms with E-state index in [0.29, 0.717) is 5.03 Å². The fraction of sp³-hybridized carbons (Fsp3) is 0. The molecule has 1 aromatic heterocycles. The lowest BCUT2D eigenvalue weighted by Gasteiger charge is -2.04. The Morgan fingerprint density at radius 1 is 0.950 bits per heavy atom. The lowest BCUT2D eigenvalue weighted by molar-refractivity contribution is 1.14. The third-order valence-corrected chi connectivity index (χ3v) is 3.37. The van der Waals surface area contributed by atoms with Crippen LogP contribution in [0.3, 0.4) is 0 Å². The van der Waals surface area contributed by atoms with Gasteiger partial charge in [-0.05, 0) is 16.7 Å². The molecule has 0 aliphatic rings. The number of rotatable bonds is 3. The first kappa shape index (κ1) is 12.7. The number of hydrogen-bond donors (Lipinski definition) is 0. The van der Waals surface area contributed by atoms with Crippen LogP contribution in [0.25, 0.3) is 22.4 Å². The summed E-state index contributed by atoms with van der Waals surface area (Å²) in [5, 5.41) is 0.683. The van der Waals surface area contributed by atoms with E-state index < -0.39 is 0 Å². The summed E-state index contributed by atoms with van der Waals surface area (Å²) in [4.78, 5) is 3.98. The quantitative estimate of drug-likeness (QED) is 0.677. The molecule has 0 radical (unpaired) electrons. The molecule has 20 heavy (non-hydrogen) atoms. The molecule has 3 aromatic rings. The number of halogens is 1. The monoisotopic (exact) mass is 280 g/mol. The number of benzene rings is 2. The van der Waals surface area contributed by atoms with E-state index in [1.165, 1.54) is 11.1 Å². The summed E-state index contributed by atoms with van der Waals surface area (Å²) in [5.41, 5.74) is 3.37. The second-order valence-corrected chi connectivity index (χ2v) is 4.84. The van der Waals surface area contributed by atoms with Crippen molar-refractivity contribution in [1.29, 1.82) is 0 Å². The predicted octanol–water partition coefficient (Wildman–Crippen LogP) is 4.74. The highest BCUT2D eigenvalue weighted by Crippen LogP contribution is 2.24. The van der Waals surface area contributed by atoms with Crippen molar-refractivity contribution in [2.45, 2.75) is 0 Å². The van der Waals surface area contributed by atoms with Crippen molar-refractivity contribution in [2.75, 3.05) is 0 Å². The van der Waals surface area contributed by atoms with Gasteiger partial charge in [0.25, 0.3) is 0 Å². The summed E-state index contributed by atoms with van der Waals surface area (Å²) < 4.78 is 1.83. The minimum atomic E-state index is 0.683. The van der Waals surface area contributed by atoms with Crippen molar-refractivity contribution in [1.82, 2.24) is 9.55 Å². The van der Waals surface area contributed by atoms with Gasteiger partial charge in [0, 0.05) is 18.6 Å². The van der Waals surface area contributed by atoms with Crippen molar-refractivity contribution >= 4 is 22.8 Å². The Kier molecular flexibility index (Phi) is 3.66. The lowest BCUT2D eigenvalue weighted by atomic mass is 10.0. The first-order chi connectivity index (χ1) is 9.83. The Morgan fingerprint density at radius 2 is 1.65 bits per heavy atom. The summed E-state index contributed by atoms with van der Waals surface area (Å²) >= 11 is 6.31. The molecule has 2 aromatic carbocycles. The molecule has 0 aliphatic carbocycles. The van der Waals surface area contributed by atoms with E-state index in [0.717, 1.165) is 5.56 Å². The number of aromatic nitrogens is 2. The van der Waals surface area contributed by atoms with E-state index in [1.807, 2.05) is 47.3 Å². The Hall–Kier alpha value is -2.32. The highest BCUT2D eigenvalue weighted by molar-refractivity contribution is 6.50. The highest BCUT2D eigenvalue weighted by atomic mass is 35.5. The zero-order valence-corrected chi connectivity index (χ0v) is 11.5. The van der Waals surface area contributed by atoms with Crippen molar-refractivity contribution < 1.29 is 0 Å². The summed E-state index contributed by atoms with van der Waals surface area (Å²) in [5.74, 6) is 0. The zero-order valence-electron chi connectivity index (χ0n) is 10.8. The van der Waals surface area contributed by atoms with Gasteiger partial charge in [0.2, 0.25) is 0 Å². The third-order valence-electron chi connectivity index (χ3n) is 3.06. The molecule has 0 saturated carbocycles. The van der Waals surface area contributed by atoms with Crippen LogP contribution in [0.2, 0.25) is 0 Å². The van der Waals surface area contributed by atoms with Crippen LogP contribution in [0.1, 0.15) is 5.56 Å². The molecular formula is C17H13ClN2. The molecule has 3 heteroatoms. The van der Waals surface area contributed by atoms with Crippen molar-refractivity contribution in [2.24, 2.45) is 0 Å². The molecule has 0 bridgehead atoms. The van der Waals surface area contributed by atoms with Crippen LogP contribution in [0.15, 0.2) is 73.3 Å². The maximum atomic E-state index is 6.31. The molecular weight excluding hydrogens is 268 g/mol. The van der Waals surface area contributed by atoms with Gasteiger partial charge in [-0.25, -0.2) is 4.98 Å². The minimum Gasteiger partial charge on any atom is -0.312 e. The number of imidazole rings is 1. The standard InChI is InChI=1S/C17H13ClN2/c18-17(12-20-11-10-19-13-20)16-8-6-15(7-9-16)14-4-2-1-3-5-14/h1-13H. The van der Waals surface area contributed by atoms with Gasteiger partial charge in [0.05, 0.1) is 11.4 Å². The largest absolute Gasteiger partial charge is 0.312 e. The molecule has 0 atom stereocenters. The maximum absolute atomic E-state index is 6.31. The van der Waals surface area contributed by atoms with Crippen molar-refractivity contribution in [3.05, 3.63) is 78.9 Å². The van der Waals surface area contributed by atoms with Gasteiger partial charge < -0.3 is 4.57 Å². The van der Waals surface area contributed by atoms with Gasteiger partial charge in [-0.3, -0.25) is 0 Å². The van der Waals surface area contributed by atoms with E-state index in [4.69, 9.17) is 11.6 Å². The molecule has 0 saturated heterocycles. The first-order valence-corrected chi connectivity index (χ1v) is 6.71. The van der Waals surface area contributed by atoms with Gasteiger partial charge in [0.1, 0.15) is 0 Å². The fourth-order valence-corrected chi connectivity index (χ4v) is 2.24. The average Bonchev–Trinajstić information content (AvgIpc) is 3.01. The highest BCUT2D eigenvalue weighted by Gasteiger charge is 2.00. The predicted molar refractivity (Wildman–Crippen MR) is 84.1 cm³/mol. The molecule has 0 unspecified atom stereocenters. The van der Waals surface area contributed by atoms with Gasteiger partial charge in [0.15, 0.2) is 0 Å². The molecule has 3 rings (SSSR count). The van der Waals surface area contributed by atoms with Crippen LogP contribution in [-0.4, -0.2) is 9.55 Å². The van der Waals surface area contributed by atoms with E-state index in [1.54, 1.807) is 12.5 Å². The topological polar surface area (TPSA) is 17.8 Å². The molecule has 0 aliphatic heterocycles. The third kappa shape index (κ3) is 2.81. The second kappa shape index (κ2) is 5.76. The Morgan fingerprint density at radius 3 is 2.30 bits per heavy atom. The first-order valence-electron chi connectivity index (χ1n) is 6.33. The van der Waals surface area contributed by atoms with Crippen LogP contribution < -0.4 is 0 Å². The molecule has 0 N–H and O–H groups in total. The lowest BCUT2D eigenvalue weighted by Crippen LogP contribution is -1.84. The fourth-order valence-electron chi connectivity index (χ4n) is 2.00. The summed E-state index contributed by atoms with van der Waals surface area (Å²) in [6, 6.07) is 18.5. The molecule has 98 valence electrons. The van der Waals surface area contributed by atoms with Crippen LogP contribution in [-0.2, 0) is 0 Å². The Labute approximate surface area is 123 Å². The molecule has 0 fully saturated rings. The van der Waals surface area contributed by atoms with Crippen LogP contribution in [0.4, 0.5) is 0 Å². The van der Waals surface area contributed by atoms with E-state index >= 15 is 0 Å². The summed E-state index contributed by atoms with van der Waals surface area (Å²) in [6.07, 6.45) is 7.12. The SMILES string of the molecule is ClC(=Cn1ccnc1)c1ccc(-c2ccccc2)cc1. The van der Waals surface area contributed by atoms with Gasteiger partial charge in [-0.2, -0.15) is 0 Å². The minimum absolute atomic E-state index is 0.683. The van der Waals surface area contributed by atoms with E-state index in [-0.39, 0.29) is 0 Å². The molecule has 2 nitrogen and oxygen atoms in total. The summed E-state index contributed by atoms with van der Waals surface area (Å²) in [6.45, 7) is 0. The number of nitrogens with zero attached hydrogens (tertiary/aromatic N) is 2. The normalized spacial score (nSPS) is 11.6. The van der Waals surface area contributed by atoms with Crippen LogP contribution in [0.5, 0.6) is 0 Å². The Balaban J connectivity index is 1.87. The molecule has 0 amide bonds. The van der Waals surface area contributed by atoms with Crippen LogP contribution >= 0.6 is 11.6 Å². The van der Waals surface area contributed by atoms with E-state index in [2.05, 4.69) is 29.2 Å². The zero-order chi connectivity index (χ0) is 13.8. The average molecular weight is 281 g/mol. The van der Waals surface area contributed by atoms with Gasteiger partial charge >= 0.3 is 0 Å². The number of hydrogen-bond acceptors (Lipinski definition) is 1. The van der Waals surface area contributed by atoms with Gasteiger partial charge in [-0.15, -0.1) is 0 Å². The van der Waals surface area contributed by atoms with E-state index in [9.17, 15) is 0 Å². The summed E-state index contributed by atoms with van der Waals surface area (Å²) in [7, 11) is 0. The molecule has 1 heterocycles. The smallest absolute Gasteiger partial charge is 0.0987 e. The van der Waals surface area contributed by atoms with Crippen molar-refractivity contribution in [3.63, 3.8) is 0 Å². The van der Waals surface area contributed by atoms with Crippen LogP contribution in [0, 0.1) is 0 Å². The van der Waals surface area contributed by atoms with Crippen molar-refractivity contribution in [3.8, 4) is 11.1 Å². The molecule has 0 spiro atoms. The maximum Gasteiger partial charge on any atom is 0.0987 e. The Bertz CT molecular complexity index is 699. The van der Waals surface area contributed by atoms with Gasteiger partial charge in [-0.1, -0.05) is 66.2 Å². The second-order valence-electron chi connectivity index (χ2n) is 4.43.